The van der Waals surface area contributed by atoms with Crippen LogP contribution in [0.5, 0.6) is 0 Å². The van der Waals surface area contributed by atoms with Crippen LogP contribution in [0.2, 0.25) is 0 Å². The molecule has 3 aromatic rings. The molecule has 5 nitrogen and oxygen atoms in total. The number of anilines is 2. The Labute approximate surface area is 197 Å². The number of nitrogens with one attached hydrogen (secondary N) is 2. The molecule has 0 saturated carbocycles. The summed E-state index contributed by atoms with van der Waals surface area (Å²) in [7, 11) is 0. The zero-order chi connectivity index (χ0) is 23.4. The van der Waals surface area contributed by atoms with Crippen molar-refractivity contribution in [1.82, 2.24) is 15.2 Å². The Morgan fingerprint density at radius 2 is 1.82 bits per heavy atom. The van der Waals surface area contributed by atoms with Gasteiger partial charge in [0.25, 0.3) is 5.91 Å². The van der Waals surface area contributed by atoms with Crippen molar-refractivity contribution in [2.75, 3.05) is 31.5 Å². The molecule has 1 aliphatic rings. The fraction of sp³-hybridized carbons (Fsp3) is 0.429. The van der Waals surface area contributed by atoms with Gasteiger partial charge in [-0.3, -0.25) is 4.79 Å². The van der Waals surface area contributed by atoms with E-state index in [9.17, 15) is 4.79 Å². The van der Waals surface area contributed by atoms with Crippen molar-refractivity contribution < 1.29 is 4.79 Å². The highest BCUT2D eigenvalue weighted by atomic mass is 16.1. The number of nitrogens with zero attached hydrogens (tertiary/aromatic N) is 2. The van der Waals surface area contributed by atoms with Crippen molar-refractivity contribution >= 4 is 28.3 Å². The largest absolute Gasteiger partial charge is 0.352 e. The van der Waals surface area contributed by atoms with Gasteiger partial charge in [-0.15, -0.1) is 0 Å². The van der Waals surface area contributed by atoms with Gasteiger partial charge in [0.05, 0.1) is 11.1 Å². The molecule has 33 heavy (non-hydrogen) atoms. The number of pyridine rings is 1. The summed E-state index contributed by atoms with van der Waals surface area (Å²) >= 11 is 0. The van der Waals surface area contributed by atoms with Gasteiger partial charge < -0.3 is 15.5 Å². The first kappa shape index (κ1) is 23.2. The highest BCUT2D eigenvalue weighted by molar-refractivity contribution is 6.07. The monoisotopic (exact) mass is 444 g/mol. The lowest BCUT2D eigenvalue weighted by Gasteiger charge is -2.34. The first-order chi connectivity index (χ1) is 15.9. The second-order valence-corrected chi connectivity index (χ2v) is 9.83. The molecule has 1 saturated heterocycles. The zero-order valence-electron chi connectivity index (χ0n) is 20.3. The summed E-state index contributed by atoms with van der Waals surface area (Å²) in [5.41, 5.74) is 4.80. The number of hydrogen-bond acceptors (Lipinski definition) is 4. The molecule has 2 unspecified atom stereocenters. The highest BCUT2D eigenvalue weighted by Gasteiger charge is 2.21. The van der Waals surface area contributed by atoms with Gasteiger partial charge in [-0.25, -0.2) is 4.98 Å². The maximum atomic E-state index is 13.2. The quantitative estimate of drug-likeness (QED) is 0.460. The predicted octanol–water partition coefficient (Wildman–Crippen LogP) is 5.69. The Hall–Kier alpha value is -2.92. The van der Waals surface area contributed by atoms with Crippen molar-refractivity contribution in [3.8, 4) is 0 Å². The number of para-hydroxylation sites is 1. The van der Waals surface area contributed by atoms with Crippen LogP contribution in [0.15, 0.2) is 48.5 Å². The SMILES string of the molecule is Cc1ccc(C)c(Nc2cc(C(=O)NCCCN3CC(C)CC(C)C3)c3ccccc3n2)c1. The number of aromatic nitrogens is 1. The number of carbonyl (C=O) groups excluding carboxylic acids is 1. The van der Waals surface area contributed by atoms with Crippen molar-refractivity contribution in [1.29, 1.82) is 0 Å². The van der Waals surface area contributed by atoms with Crippen LogP contribution in [0.3, 0.4) is 0 Å². The average molecular weight is 445 g/mol. The van der Waals surface area contributed by atoms with Crippen LogP contribution in [0.25, 0.3) is 10.9 Å². The van der Waals surface area contributed by atoms with Gasteiger partial charge in [0, 0.05) is 30.7 Å². The molecule has 0 aliphatic carbocycles. The first-order valence-corrected chi connectivity index (χ1v) is 12.1. The van der Waals surface area contributed by atoms with Crippen molar-refractivity contribution in [3.05, 3.63) is 65.2 Å². The molecule has 174 valence electrons. The summed E-state index contributed by atoms with van der Waals surface area (Å²) < 4.78 is 0. The minimum Gasteiger partial charge on any atom is -0.352 e. The first-order valence-electron chi connectivity index (χ1n) is 12.1. The van der Waals surface area contributed by atoms with E-state index in [0.29, 0.717) is 17.9 Å². The Balaban J connectivity index is 1.45. The van der Waals surface area contributed by atoms with E-state index in [0.717, 1.165) is 47.0 Å². The highest BCUT2D eigenvalue weighted by Crippen LogP contribution is 2.26. The molecule has 4 rings (SSSR count). The number of amides is 1. The molecular formula is C28H36N4O. The summed E-state index contributed by atoms with van der Waals surface area (Å²) in [5.74, 6) is 2.16. The second-order valence-electron chi connectivity index (χ2n) is 9.83. The van der Waals surface area contributed by atoms with E-state index >= 15 is 0 Å². The van der Waals surface area contributed by atoms with Gasteiger partial charge >= 0.3 is 0 Å². The second kappa shape index (κ2) is 10.3. The minimum atomic E-state index is -0.0435. The summed E-state index contributed by atoms with van der Waals surface area (Å²) in [6.45, 7) is 12.9. The molecule has 1 amide bonds. The maximum absolute atomic E-state index is 13.2. The van der Waals surface area contributed by atoms with Crippen LogP contribution in [0, 0.1) is 25.7 Å². The molecule has 5 heteroatoms. The molecule has 2 aromatic carbocycles. The van der Waals surface area contributed by atoms with Gasteiger partial charge in [0.2, 0.25) is 0 Å². The number of likely N-dealkylation sites (tertiary alicyclic amines) is 1. The average Bonchev–Trinajstić information content (AvgIpc) is 2.78. The third-order valence-electron chi connectivity index (χ3n) is 6.50. The van der Waals surface area contributed by atoms with Crippen LogP contribution in [-0.2, 0) is 0 Å². The fourth-order valence-electron chi connectivity index (χ4n) is 5.01. The van der Waals surface area contributed by atoms with E-state index in [2.05, 4.69) is 61.4 Å². The molecule has 0 radical (unpaired) electrons. The Kier molecular flexibility index (Phi) is 7.29. The zero-order valence-corrected chi connectivity index (χ0v) is 20.3. The number of carbonyl (C=O) groups is 1. The van der Waals surface area contributed by atoms with E-state index < -0.39 is 0 Å². The number of rotatable bonds is 7. The summed E-state index contributed by atoms with van der Waals surface area (Å²) in [4.78, 5) is 20.5. The van der Waals surface area contributed by atoms with Crippen molar-refractivity contribution in [2.24, 2.45) is 11.8 Å². The van der Waals surface area contributed by atoms with Crippen LogP contribution in [-0.4, -0.2) is 42.0 Å². The van der Waals surface area contributed by atoms with Gasteiger partial charge in [0.1, 0.15) is 5.82 Å². The molecule has 2 heterocycles. The van der Waals surface area contributed by atoms with Crippen molar-refractivity contribution in [3.63, 3.8) is 0 Å². The number of piperidine rings is 1. The predicted molar refractivity (Wildman–Crippen MR) is 137 cm³/mol. The lowest BCUT2D eigenvalue weighted by atomic mass is 9.92. The van der Waals surface area contributed by atoms with E-state index in [1.807, 2.05) is 30.3 Å². The molecule has 2 N–H and O–H groups in total. The number of hydrogen-bond donors (Lipinski definition) is 2. The number of aryl methyl sites for hydroxylation is 2. The molecule has 1 aliphatic heterocycles. The van der Waals surface area contributed by atoms with Gasteiger partial charge in [-0.1, -0.05) is 44.2 Å². The lowest BCUT2D eigenvalue weighted by molar-refractivity contribution is 0.0949. The number of fused-ring (bicyclic) bond motifs is 1. The molecule has 1 fully saturated rings. The van der Waals surface area contributed by atoms with Crippen LogP contribution >= 0.6 is 0 Å². The van der Waals surface area contributed by atoms with E-state index in [4.69, 9.17) is 4.98 Å². The fourth-order valence-corrected chi connectivity index (χ4v) is 5.01. The Morgan fingerprint density at radius 1 is 1.06 bits per heavy atom. The van der Waals surface area contributed by atoms with Gasteiger partial charge in [0.15, 0.2) is 0 Å². The molecular weight excluding hydrogens is 408 g/mol. The number of benzene rings is 2. The van der Waals surface area contributed by atoms with Gasteiger partial charge in [-0.05, 0) is 74.4 Å². The third-order valence-corrected chi connectivity index (χ3v) is 6.50. The van der Waals surface area contributed by atoms with E-state index in [1.165, 1.54) is 25.1 Å². The Bertz CT molecular complexity index is 1120. The lowest BCUT2D eigenvalue weighted by Crippen LogP contribution is -2.40. The Morgan fingerprint density at radius 3 is 2.61 bits per heavy atom. The maximum Gasteiger partial charge on any atom is 0.252 e. The van der Waals surface area contributed by atoms with E-state index in [-0.39, 0.29) is 5.91 Å². The van der Waals surface area contributed by atoms with Crippen LogP contribution < -0.4 is 10.6 Å². The van der Waals surface area contributed by atoms with Crippen LogP contribution in [0.1, 0.15) is 48.2 Å². The molecule has 0 spiro atoms. The smallest absolute Gasteiger partial charge is 0.252 e. The van der Waals surface area contributed by atoms with Gasteiger partial charge in [-0.2, -0.15) is 0 Å². The minimum absolute atomic E-state index is 0.0435. The summed E-state index contributed by atoms with van der Waals surface area (Å²) in [6, 6.07) is 16.0. The molecule has 1 aromatic heterocycles. The topological polar surface area (TPSA) is 57.3 Å². The normalized spacial score (nSPS) is 18.9. The summed E-state index contributed by atoms with van der Waals surface area (Å²) in [6.07, 6.45) is 2.28. The van der Waals surface area contributed by atoms with Crippen LogP contribution in [0.4, 0.5) is 11.5 Å². The summed E-state index contributed by atoms with van der Waals surface area (Å²) in [5, 5.41) is 7.44. The third kappa shape index (κ3) is 5.91. The van der Waals surface area contributed by atoms with E-state index in [1.54, 1.807) is 0 Å². The standard InChI is InChI=1S/C28H36N4O/c1-19-10-11-22(4)26(15-19)31-27-16-24(23-8-5-6-9-25(23)30-27)28(33)29-12-7-13-32-17-20(2)14-21(3)18-32/h5-6,8-11,15-16,20-21H,7,12-14,17-18H2,1-4H3,(H,29,33)(H,30,31). The molecule has 0 bridgehead atoms. The van der Waals surface area contributed by atoms with Crippen molar-refractivity contribution in [2.45, 2.75) is 40.5 Å². The molecule has 2 atom stereocenters.